The highest BCUT2D eigenvalue weighted by Gasteiger charge is 2.16. The number of fused-ring (bicyclic) bond motifs is 2. The van der Waals surface area contributed by atoms with Crippen molar-refractivity contribution in [3.8, 4) is 23.0 Å². The fourth-order valence-corrected chi connectivity index (χ4v) is 4.75. The van der Waals surface area contributed by atoms with E-state index >= 15 is 4.39 Å². The van der Waals surface area contributed by atoms with Gasteiger partial charge >= 0.3 is 0 Å². The third-order valence-electron chi connectivity index (χ3n) is 6.80. The summed E-state index contributed by atoms with van der Waals surface area (Å²) in [6.45, 7) is 7.39. The molecule has 0 saturated carbocycles. The van der Waals surface area contributed by atoms with E-state index in [-0.39, 0.29) is 5.75 Å². The number of halogens is 1. The first kappa shape index (κ1) is 27.6. The number of morpholine rings is 1. The van der Waals surface area contributed by atoms with E-state index in [4.69, 9.17) is 18.9 Å². The average Bonchev–Trinajstić information content (AvgIpc) is 2.99. The van der Waals surface area contributed by atoms with Crippen LogP contribution in [0.2, 0.25) is 0 Å². The second-order valence-corrected chi connectivity index (χ2v) is 9.36. The molecule has 210 valence electrons. The highest BCUT2D eigenvalue weighted by Crippen LogP contribution is 2.38. The largest absolute Gasteiger partial charge is 0.493 e. The number of ether oxygens (including phenoxy) is 4. The molecule has 5 rings (SSSR count). The molecule has 1 fully saturated rings. The number of amides is 1. The van der Waals surface area contributed by atoms with Gasteiger partial charge in [0.05, 0.1) is 38.1 Å². The summed E-state index contributed by atoms with van der Waals surface area (Å²) in [6.07, 6.45) is 3.18. The number of hydrogen-bond donors (Lipinski definition) is 1. The van der Waals surface area contributed by atoms with Gasteiger partial charge in [-0.15, -0.1) is 0 Å². The van der Waals surface area contributed by atoms with E-state index in [2.05, 4.69) is 15.3 Å². The van der Waals surface area contributed by atoms with Crippen LogP contribution < -0.4 is 24.6 Å². The van der Waals surface area contributed by atoms with Crippen molar-refractivity contribution >= 4 is 33.8 Å². The molecule has 0 radical (unpaired) electrons. The summed E-state index contributed by atoms with van der Waals surface area (Å²) < 4.78 is 38.7. The number of benzene rings is 3. The van der Waals surface area contributed by atoms with Crippen LogP contribution in [0.1, 0.15) is 13.3 Å². The lowest BCUT2D eigenvalue weighted by molar-refractivity contribution is -0.108. The average molecular weight is 549 g/mol. The van der Waals surface area contributed by atoms with E-state index in [1.807, 2.05) is 13.0 Å². The molecule has 0 bridgehead atoms. The summed E-state index contributed by atoms with van der Waals surface area (Å²) in [5.41, 5.74) is 4.20. The van der Waals surface area contributed by atoms with Gasteiger partial charge in [-0.3, -0.25) is 14.7 Å². The number of anilines is 1. The van der Waals surface area contributed by atoms with E-state index < -0.39 is 5.82 Å². The molecule has 1 saturated heterocycles. The molecule has 1 N–H and O–H groups in total. The zero-order valence-electron chi connectivity index (χ0n) is 22.7. The summed E-state index contributed by atoms with van der Waals surface area (Å²) in [7, 11) is 1.58. The molecule has 3 aromatic carbocycles. The van der Waals surface area contributed by atoms with E-state index in [1.165, 1.54) is 5.01 Å². The van der Waals surface area contributed by atoms with Crippen LogP contribution in [-0.4, -0.2) is 69.4 Å². The number of carbonyl (C=O) groups excluding carboxylic acids is 1. The molecule has 1 aliphatic rings. The standard InChI is InChI=1S/C30H33FN4O5/c1-3-33-35(20-36)22-6-7-23-21(17-22)5-8-27(30(23)31)40-26-9-10-32-25-19-29(28(37-2)18-24(25)26)39-14-4-11-34-12-15-38-16-13-34/h5-10,17-20,33H,3-4,11-16H2,1-2H3. The highest BCUT2D eigenvalue weighted by molar-refractivity contribution is 5.91. The number of hydrazine groups is 1. The molecule has 2 heterocycles. The number of carbonyl (C=O) groups is 1. The van der Waals surface area contributed by atoms with Crippen LogP contribution in [0.5, 0.6) is 23.0 Å². The first-order chi connectivity index (χ1) is 19.6. The van der Waals surface area contributed by atoms with Crippen LogP contribution in [0.25, 0.3) is 21.7 Å². The summed E-state index contributed by atoms with van der Waals surface area (Å²) in [4.78, 5) is 18.2. The summed E-state index contributed by atoms with van der Waals surface area (Å²) in [5, 5.41) is 3.05. The molecule has 0 unspecified atom stereocenters. The van der Waals surface area contributed by atoms with Crippen molar-refractivity contribution < 1.29 is 28.1 Å². The Labute approximate surface area is 232 Å². The van der Waals surface area contributed by atoms with Crippen molar-refractivity contribution in [1.82, 2.24) is 15.3 Å². The van der Waals surface area contributed by atoms with Crippen LogP contribution >= 0.6 is 0 Å². The summed E-state index contributed by atoms with van der Waals surface area (Å²) >= 11 is 0. The van der Waals surface area contributed by atoms with Gasteiger partial charge in [-0.05, 0) is 48.2 Å². The Balaban J connectivity index is 1.35. The van der Waals surface area contributed by atoms with Crippen LogP contribution in [0.4, 0.5) is 10.1 Å². The molecular formula is C30H33FN4O5. The Bertz CT molecular complexity index is 1480. The third kappa shape index (κ3) is 6.09. The van der Waals surface area contributed by atoms with Crippen molar-refractivity contribution in [3.05, 3.63) is 60.5 Å². The predicted octanol–water partition coefficient (Wildman–Crippen LogP) is 4.92. The Kier molecular flexibility index (Phi) is 8.90. The first-order valence-corrected chi connectivity index (χ1v) is 13.4. The predicted molar refractivity (Wildman–Crippen MR) is 152 cm³/mol. The second kappa shape index (κ2) is 12.9. The molecule has 9 nitrogen and oxygen atoms in total. The zero-order valence-corrected chi connectivity index (χ0v) is 22.7. The quantitative estimate of drug-likeness (QED) is 0.152. The Hall–Kier alpha value is -3.99. The van der Waals surface area contributed by atoms with Gasteiger partial charge in [0.25, 0.3) is 0 Å². The minimum atomic E-state index is -0.498. The molecule has 1 aliphatic heterocycles. The highest BCUT2D eigenvalue weighted by atomic mass is 19.1. The van der Waals surface area contributed by atoms with Gasteiger partial charge in [-0.25, -0.2) is 14.8 Å². The Morgan fingerprint density at radius 1 is 1.05 bits per heavy atom. The molecular weight excluding hydrogens is 515 g/mol. The first-order valence-electron chi connectivity index (χ1n) is 13.4. The maximum atomic E-state index is 15.5. The minimum Gasteiger partial charge on any atom is -0.493 e. The second-order valence-electron chi connectivity index (χ2n) is 9.36. The molecule has 4 aromatic rings. The minimum absolute atomic E-state index is 0.0779. The van der Waals surface area contributed by atoms with Crippen molar-refractivity contribution in [1.29, 1.82) is 0 Å². The monoisotopic (exact) mass is 548 g/mol. The smallest absolute Gasteiger partial charge is 0.228 e. The molecule has 40 heavy (non-hydrogen) atoms. The number of methoxy groups -OCH3 is 1. The maximum Gasteiger partial charge on any atom is 0.228 e. The fourth-order valence-electron chi connectivity index (χ4n) is 4.75. The van der Waals surface area contributed by atoms with Crippen molar-refractivity contribution in [2.24, 2.45) is 0 Å². The van der Waals surface area contributed by atoms with E-state index in [1.54, 1.807) is 55.8 Å². The van der Waals surface area contributed by atoms with Crippen LogP contribution in [0.15, 0.2) is 54.7 Å². The lowest BCUT2D eigenvalue weighted by Crippen LogP contribution is -2.37. The SMILES string of the molecule is CCNN(C=O)c1ccc2c(F)c(Oc3ccnc4cc(OCCCN5CCOCC5)c(OC)cc34)ccc2c1. The van der Waals surface area contributed by atoms with Crippen LogP contribution in [-0.2, 0) is 9.53 Å². The normalized spacial score (nSPS) is 13.9. The van der Waals surface area contributed by atoms with E-state index in [9.17, 15) is 4.79 Å². The number of pyridine rings is 1. The van der Waals surface area contributed by atoms with Gasteiger partial charge < -0.3 is 18.9 Å². The molecule has 0 spiro atoms. The van der Waals surface area contributed by atoms with Gasteiger partial charge in [0.2, 0.25) is 6.41 Å². The van der Waals surface area contributed by atoms with Gasteiger partial charge in [0, 0.05) is 49.2 Å². The third-order valence-corrected chi connectivity index (χ3v) is 6.80. The molecule has 0 atom stereocenters. The van der Waals surface area contributed by atoms with E-state index in [0.29, 0.717) is 64.2 Å². The Morgan fingerprint density at radius 2 is 1.90 bits per heavy atom. The Morgan fingerprint density at radius 3 is 2.67 bits per heavy atom. The zero-order chi connectivity index (χ0) is 27.9. The van der Waals surface area contributed by atoms with Gasteiger partial charge in [0.1, 0.15) is 5.75 Å². The number of rotatable bonds is 12. The van der Waals surface area contributed by atoms with Crippen molar-refractivity contribution in [3.63, 3.8) is 0 Å². The fraction of sp³-hybridized carbons (Fsp3) is 0.333. The molecule has 10 heteroatoms. The number of nitrogens with one attached hydrogen (secondary N) is 1. The topological polar surface area (TPSA) is 85.4 Å². The van der Waals surface area contributed by atoms with Crippen molar-refractivity contribution in [2.45, 2.75) is 13.3 Å². The lowest BCUT2D eigenvalue weighted by Gasteiger charge is -2.26. The lowest BCUT2D eigenvalue weighted by atomic mass is 10.1. The summed E-state index contributed by atoms with van der Waals surface area (Å²) in [5.74, 6) is 1.16. The van der Waals surface area contributed by atoms with Crippen LogP contribution in [0.3, 0.4) is 0 Å². The van der Waals surface area contributed by atoms with Gasteiger partial charge in [-0.1, -0.05) is 13.0 Å². The maximum absolute atomic E-state index is 15.5. The van der Waals surface area contributed by atoms with Crippen LogP contribution in [0, 0.1) is 5.82 Å². The number of hydrogen-bond acceptors (Lipinski definition) is 8. The number of nitrogens with zero attached hydrogens (tertiary/aromatic N) is 3. The molecule has 0 aliphatic carbocycles. The van der Waals surface area contributed by atoms with E-state index in [0.717, 1.165) is 39.3 Å². The number of aromatic nitrogens is 1. The van der Waals surface area contributed by atoms with Gasteiger partial charge in [0.15, 0.2) is 23.1 Å². The van der Waals surface area contributed by atoms with Crippen molar-refractivity contribution in [2.75, 3.05) is 58.1 Å². The molecule has 1 amide bonds. The summed E-state index contributed by atoms with van der Waals surface area (Å²) in [6, 6.07) is 13.7. The van der Waals surface area contributed by atoms with Gasteiger partial charge in [-0.2, -0.15) is 0 Å². The molecule has 1 aromatic heterocycles.